The van der Waals surface area contributed by atoms with Crippen LogP contribution in [0.25, 0.3) is 0 Å². The van der Waals surface area contributed by atoms with Crippen LogP contribution in [0.3, 0.4) is 0 Å². The Morgan fingerprint density at radius 3 is 2.41 bits per heavy atom. The monoisotopic (exact) mass is 412 g/mol. The number of carbonyl (C=O) groups is 1. The molecule has 8 nitrogen and oxygen atoms in total. The molecule has 0 aliphatic rings. The van der Waals surface area contributed by atoms with E-state index in [1.165, 1.54) is 49.4 Å². The van der Waals surface area contributed by atoms with Gasteiger partial charge in [0.2, 0.25) is 0 Å². The van der Waals surface area contributed by atoms with Crippen LogP contribution in [0.15, 0.2) is 47.4 Å². The van der Waals surface area contributed by atoms with Crippen molar-refractivity contribution in [3.63, 3.8) is 0 Å². The van der Waals surface area contributed by atoms with Crippen LogP contribution >= 0.6 is 11.6 Å². The van der Waals surface area contributed by atoms with Gasteiger partial charge in [0.05, 0.1) is 27.7 Å². The number of ether oxygens (including phenoxy) is 1. The van der Waals surface area contributed by atoms with E-state index >= 15 is 0 Å². The van der Waals surface area contributed by atoms with E-state index in [1.807, 2.05) is 0 Å². The lowest BCUT2D eigenvalue weighted by Crippen LogP contribution is -2.37. The molecular formula is C17H17ClN2O6S. The van der Waals surface area contributed by atoms with Crippen molar-refractivity contribution in [2.24, 2.45) is 0 Å². The number of nitrogens with zero attached hydrogens (tertiary/aromatic N) is 2. The quantitative estimate of drug-likeness (QED) is 0.392. The Morgan fingerprint density at radius 2 is 1.85 bits per heavy atom. The Balaban J connectivity index is 2.62. The summed E-state index contributed by atoms with van der Waals surface area (Å²) in [5, 5.41) is 11.6. The van der Waals surface area contributed by atoms with Crippen LogP contribution in [0.1, 0.15) is 12.5 Å². The molecule has 144 valence electrons. The Bertz CT molecular complexity index is 960. The van der Waals surface area contributed by atoms with Gasteiger partial charge in [0, 0.05) is 11.1 Å². The summed E-state index contributed by atoms with van der Waals surface area (Å²) < 4.78 is 31.9. The Kier molecular flexibility index (Phi) is 6.40. The molecule has 0 aliphatic heterocycles. The molecule has 0 amide bonds. The number of carbonyl (C=O) groups excluding carboxylic acids is 1. The number of sulfonamides is 1. The number of anilines is 1. The van der Waals surface area contributed by atoms with E-state index in [4.69, 9.17) is 16.3 Å². The van der Waals surface area contributed by atoms with E-state index in [0.29, 0.717) is 5.02 Å². The summed E-state index contributed by atoms with van der Waals surface area (Å²) in [4.78, 5) is 22.5. The summed E-state index contributed by atoms with van der Waals surface area (Å²) >= 11 is 5.81. The normalized spacial score (nSPS) is 11.1. The van der Waals surface area contributed by atoms with E-state index in [1.54, 1.807) is 6.92 Å². The van der Waals surface area contributed by atoms with Gasteiger partial charge in [-0.15, -0.1) is 0 Å². The average Bonchev–Trinajstić information content (AvgIpc) is 2.60. The van der Waals surface area contributed by atoms with Gasteiger partial charge in [-0.2, -0.15) is 0 Å². The molecule has 0 bridgehead atoms. The van der Waals surface area contributed by atoms with E-state index < -0.39 is 27.5 Å². The van der Waals surface area contributed by atoms with Gasteiger partial charge >= 0.3 is 5.97 Å². The molecule has 0 saturated heterocycles. The maximum atomic E-state index is 13.1. The van der Waals surface area contributed by atoms with Crippen LogP contribution in [0.2, 0.25) is 5.02 Å². The Labute approximate surface area is 161 Å². The van der Waals surface area contributed by atoms with Gasteiger partial charge < -0.3 is 4.74 Å². The van der Waals surface area contributed by atoms with Gasteiger partial charge in [-0.25, -0.2) is 8.42 Å². The molecule has 0 aromatic heterocycles. The summed E-state index contributed by atoms with van der Waals surface area (Å²) in [5.41, 5.74) is -0.121. The first-order valence-electron chi connectivity index (χ1n) is 7.86. The summed E-state index contributed by atoms with van der Waals surface area (Å²) in [6.07, 6.45) is 0. The van der Waals surface area contributed by atoms with Gasteiger partial charge in [-0.3, -0.25) is 19.2 Å². The Morgan fingerprint density at radius 1 is 1.22 bits per heavy atom. The average molecular weight is 413 g/mol. The van der Waals surface area contributed by atoms with Crippen molar-refractivity contribution in [1.29, 1.82) is 0 Å². The van der Waals surface area contributed by atoms with Crippen LogP contribution in [0.4, 0.5) is 11.4 Å². The first-order chi connectivity index (χ1) is 12.7. The van der Waals surface area contributed by atoms with E-state index in [9.17, 15) is 23.3 Å². The largest absolute Gasteiger partial charge is 0.465 e. The predicted octanol–water partition coefficient (Wildman–Crippen LogP) is 3.32. The molecule has 0 spiro atoms. The fraction of sp³-hybridized carbons (Fsp3) is 0.235. The number of benzene rings is 2. The second-order valence-corrected chi connectivity index (χ2v) is 7.75. The van der Waals surface area contributed by atoms with Crippen molar-refractivity contribution in [3.05, 3.63) is 63.2 Å². The molecular weight excluding hydrogens is 396 g/mol. The van der Waals surface area contributed by atoms with Crippen molar-refractivity contribution in [3.8, 4) is 0 Å². The first kappa shape index (κ1) is 20.7. The van der Waals surface area contributed by atoms with Gasteiger partial charge in [-0.1, -0.05) is 17.7 Å². The molecule has 0 saturated carbocycles. The zero-order valence-corrected chi connectivity index (χ0v) is 16.2. The number of hydrogen-bond donors (Lipinski definition) is 0. The highest BCUT2D eigenvalue weighted by Gasteiger charge is 2.30. The van der Waals surface area contributed by atoms with Crippen molar-refractivity contribution in [1.82, 2.24) is 0 Å². The second-order valence-electron chi connectivity index (χ2n) is 5.45. The molecule has 0 heterocycles. The predicted molar refractivity (Wildman–Crippen MR) is 100 cm³/mol. The fourth-order valence-corrected chi connectivity index (χ4v) is 4.03. The lowest BCUT2D eigenvalue weighted by Gasteiger charge is -2.25. The molecule has 27 heavy (non-hydrogen) atoms. The summed E-state index contributed by atoms with van der Waals surface area (Å²) in [5.74, 6) is -0.777. The summed E-state index contributed by atoms with van der Waals surface area (Å²) in [6, 6.07) is 9.40. The highest BCUT2D eigenvalue weighted by molar-refractivity contribution is 7.92. The maximum Gasteiger partial charge on any atom is 0.326 e. The number of halogens is 1. The molecule has 0 aliphatic carbocycles. The molecule has 0 atom stereocenters. The topological polar surface area (TPSA) is 107 Å². The highest BCUT2D eigenvalue weighted by atomic mass is 35.5. The smallest absolute Gasteiger partial charge is 0.326 e. The molecule has 2 aromatic carbocycles. The third-order valence-electron chi connectivity index (χ3n) is 3.72. The van der Waals surface area contributed by atoms with Crippen molar-refractivity contribution >= 4 is 39.0 Å². The number of hydrogen-bond acceptors (Lipinski definition) is 6. The second kappa shape index (κ2) is 8.36. The molecule has 2 rings (SSSR count). The third-order valence-corrected chi connectivity index (χ3v) is 5.75. The zero-order chi connectivity index (χ0) is 20.2. The van der Waals surface area contributed by atoms with Gasteiger partial charge in [-0.05, 0) is 44.2 Å². The number of nitro benzene ring substituents is 1. The van der Waals surface area contributed by atoms with Gasteiger partial charge in [0.1, 0.15) is 6.54 Å². The van der Waals surface area contributed by atoms with Crippen LogP contribution < -0.4 is 4.31 Å². The lowest BCUT2D eigenvalue weighted by molar-refractivity contribution is -0.385. The van der Waals surface area contributed by atoms with Crippen LogP contribution in [0.5, 0.6) is 0 Å². The number of rotatable bonds is 7. The molecule has 10 heteroatoms. The highest BCUT2D eigenvalue weighted by Crippen LogP contribution is 2.32. The summed E-state index contributed by atoms with van der Waals surface area (Å²) in [7, 11) is -4.20. The van der Waals surface area contributed by atoms with Crippen molar-refractivity contribution in [2.75, 3.05) is 17.5 Å². The van der Waals surface area contributed by atoms with E-state index in [2.05, 4.69) is 0 Å². The molecule has 0 unspecified atom stereocenters. The number of esters is 1. The minimum absolute atomic E-state index is 0.0206. The molecule has 0 N–H and O–H groups in total. The standard InChI is InChI=1S/C17H17ClN2O6S/c1-3-26-17(21)11-19(15-5-4-6-16(12(15)2)20(22)23)27(24,25)14-9-7-13(18)8-10-14/h4-10H,3,11H2,1-2H3. The third kappa shape index (κ3) is 4.55. The Hall–Kier alpha value is -2.65. The van der Waals surface area contributed by atoms with E-state index in [-0.39, 0.29) is 28.4 Å². The van der Waals surface area contributed by atoms with Gasteiger partial charge in [0.25, 0.3) is 15.7 Å². The van der Waals surface area contributed by atoms with Crippen LogP contribution in [-0.2, 0) is 19.6 Å². The van der Waals surface area contributed by atoms with Crippen LogP contribution in [-0.4, -0.2) is 32.5 Å². The van der Waals surface area contributed by atoms with Gasteiger partial charge in [0.15, 0.2) is 0 Å². The van der Waals surface area contributed by atoms with Crippen molar-refractivity contribution in [2.45, 2.75) is 18.7 Å². The molecule has 2 aromatic rings. The van der Waals surface area contributed by atoms with Crippen molar-refractivity contribution < 1.29 is 22.9 Å². The fourth-order valence-electron chi connectivity index (χ4n) is 2.44. The number of nitro groups is 1. The summed E-state index contributed by atoms with van der Waals surface area (Å²) in [6.45, 7) is 2.46. The zero-order valence-electron chi connectivity index (χ0n) is 14.6. The van der Waals surface area contributed by atoms with Crippen LogP contribution in [0, 0.1) is 17.0 Å². The SMILES string of the molecule is CCOC(=O)CN(c1cccc([N+](=O)[O-])c1C)S(=O)(=O)c1ccc(Cl)cc1. The maximum absolute atomic E-state index is 13.1. The molecule has 0 radical (unpaired) electrons. The minimum atomic E-state index is -4.20. The van der Waals surface area contributed by atoms with E-state index in [0.717, 1.165) is 4.31 Å². The molecule has 0 fully saturated rings. The first-order valence-corrected chi connectivity index (χ1v) is 9.68. The lowest BCUT2D eigenvalue weighted by atomic mass is 10.1. The minimum Gasteiger partial charge on any atom is -0.465 e.